The van der Waals surface area contributed by atoms with Crippen LogP contribution < -0.4 is 10.6 Å². The van der Waals surface area contributed by atoms with Crippen LogP contribution in [0.4, 0.5) is 0 Å². The first-order chi connectivity index (χ1) is 9.24. The number of hydrogen-bond acceptors (Lipinski definition) is 4. The smallest absolute Gasteiger partial charge is 0.191 e. The van der Waals surface area contributed by atoms with Crippen LogP contribution in [0, 0.1) is 0 Å². The molecule has 0 unspecified atom stereocenters. The highest BCUT2D eigenvalue weighted by atomic mass is 127. The summed E-state index contributed by atoms with van der Waals surface area (Å²) in [5, 5.41) is 6.44. The molecule has 0 saturated heterocycles. The lowest BCUT2D eigenvalue weighted by Crippen LogP contribution is -2.39. The average Bonchev–Trinajstić information content (AvgIpc) is 2.39. The Labute approximate surface area is 140 Å². The molecule has 0 aliphatic heterocycles. The Hall–Kier alpha value is -0.120. The van der Waals surface area contributed by atoms with Gasteiger partial charge in [-0.1, -0.05) is 0 Å². The van der Waals surface area contributed by atoms with E-state index in [1.807, 2.05) is 0 Å². The van der Waals surface area contributed by atoms with Crippen molar-refractivity contribution >= 4 is 29.9 Å². The van der Waals surface area contributed by atoms with E-state index in [4.69, 9.17) is 9.47 Å². The summed E-state index contributed by atoms with van der Waals surface area (Å²) < 4.78 is 10.0. The highest BCUT2D eigenvalue weighted by Crippen LogP contribution is 1.88. The minimum Gasteiger partial charge on any atom is -0.385 e. The molecule has 0 heterocycles. The molecule has 20 heavy (non-hydrogen) atoms. The average molecular weight is 402 g/mol. The zero-order valence-corrected chi connectivity index (χ0v) is 15.6. The van der Waals surface area contributed by atoms with E-state index in [2.05, 4.69) is 34.5 Å². The number of hydrogen-bond donors (Lipinski definition) is 2. The molecule has 0 aliphatic rings. The molecule has 0 aromatic heterocycles. The second-order valence-electron chi connectivity index (χ2n) is 4.33. The molecule has 0 amide bonds. The SMILES string of the molecule is CCNC(=NCCN(C)CCCOC)NCCOC.I. The van der Waals surface area contributed by atoms with Gasteiger partial charge in [0.2, 0.25) is 0 Å². The summed E-state index contributed by atoms with van der Waals surface area (Å²) in [5.74, 6) is 0.852. The van der Waals surface area contributed by atoms with Crippen LogP contribution in [0.3, 0.4) is 0 Å². The summed E-state index contributed by atoms with van der Waals surface area (Å²) >= 11 is 0. The minimum atomic E-state index is 0. The Morgan fingerprint density at radius 2 is 1.80 bits per heavy atom. The van der Waals surface area contributed by atoms with Crippen molar-refractivity contribution in [3.05, 3.63) is 0 Å². The van der Waals surface area contributed by atoms with Crippen molar-refractivity contribution < 1.29 is 9.47 Å². The number of guanidine groups is 1. The first-order valence-corrected chi connectivity index (χ1v) is 6.93. The summed E-state index contributed by atoms with van der Waals surface area (Å²) in [6.45, 7) is 7.96. The molecule has 0 rings (SSSR count). The lowest BCUT2D eigenvalue weighted by molar-refractivity contribution is 0.180. The van der Waals surface area contributed by atoms with Gasteiger partial charge in [-0.25, -0.2) is 0 Å². The van der Waals surface area contributed by atoms with Crippen LogP contribution in [0.15, 0.2) is 4.99 Å². The summed E-state index contributed by atoms with van der Waals surface area (Å²) in [4.78, 5) is 6.78. The molecule has 0 bridgehead atoms. The van der Waals surface area contributed by atoms with Crippen molar-refractivity contribution in [3.63, 3.8) is 0 Å². The fourth-order valence-electron chi connectivity index (χ4n) is 1.54. The summed E-state index contributed by atoms with van der Waals surface area (Å²) in [6, 6.07) is 0. The van der Waals surface area contributed by atoms with E-state index < -0.39 is 0 Å². The van der Waals surface area contributed by atoms with E-state index in [1.165, 1.54) is 0 Å². The molecule has 0 aromatic rings. The Balaban J connectivity index is 0. The predicted octanol–water partition coefficient (Wildman–Crippen LogP) is 0.774. The highest BCUT2D eigenvalue weighted by Gasteiger charge is 1.99. The number of nitrogens with one attached hydrogen (secondary N) is 2. The maximum absolute atomic E-state index is 5.04. The largest absolute Gasteiger partial charge is 0.385 e. The fourth-order valence-corrected chi connectivity index (χ4v) is 1.54. The van der Waals surface area contributed by atoms with Crippen molar-refractivity contribution in [1.82, 2.24) is 15.5 Å². The predicted molar refractivity (Wildman–Crippen MR) is 95.3 cm³/mol. The molecule has 0 atom stereocenters. The van der Waals surface area contributed by atoms with Gasteiger partial charge >= 0.3 is 0 Å². The van der Waals surface area contributed by atoms with E-state index in [9.17, 15) is 0 Å². The first kappa shape index (κ1) is 22.2. The molecule has 0 aliphatic carbocycles. The molecule has 0 spiro atoms. The summed E-state index contributed by atoms with van der Waals surface area (Å²) in [7, 11) is 5.54. The van der Waals surface area contributed by atoms with E-state index >= 15 is 0 Å². The van der Waals surface area contributed by atoms with Crippen molar-refractivity contribution in [3.8, 4) is 0 Å². The Kier molecular flexibility index (Phi) is 18.8. The van der Waals surface area contributed by atoms with E-state index in [0.717, 1.165) is 51.7 Å². The molecule has 0 saturated carbocycles. The van der Waals surface area contributed by atoms with Gasteiger partial charge in [0.05, 0.1) is 13.2 Å². The molecule has 7 heteroatoms. The molecular formula is C13H31IN4O2. The normalized spacial score (nSPS) is 11.3. The zero-order valence-electron chi connectivity index (χ0n) is 13.3. The van der Waals surface area contributed by atoms with Gasteiger partial charge in [-0.3, -0.25) is 4.99 Å². The molecule has 6 nitrogen and oxygen atoms in total. The van der Waals surface area contributed by atoms with E-state index in [-0.39, 0.29) is 24.0 Å². The third-order valence-electron chi connectivity index (χ3n) is 2.58. The second kappa shape index (κ2) is 16.9. The number of nitrogens with zero attached hydrogens (tertiary/aromatic N) is 2. The van der Waals surface area contributed by atoms with Gasteiger partial charge in [-0.15, -0.1) is 24.0 Å². The summed E-state index contributed by atoms with van der Waals surface area (Å²) in [5.41, 5.74) is 0. The number of aliphatic imine (C=N–C) groups is 1. The quantitative estimate of drug-likeness (QED) is 0.232. The van der Waals surface area contributed by atoms with Gasteiger partial charge in [0.15, 0.2) is 5.96 Å². The third-order valence-corrected chi connectivity index (χ3v) is 2.58. The molecule has 0 fully saturated rings. The summed E-state index contributed by atoms with van der Waals surface area (Å²) in [6.07, 6.45) is 1.06. The van der Waals surface area contributed by atoms with Gasteiger partial charge in [-0.05, 0) is 20.4 Å². The van der Waals surface area contributed by atoms with Gasteiger partial charge in [0, 0.05) is 47.0 Å². The fraction of sp³-hybridized carbons (Fsp3) is 0.923. The topological polar surface area (TPSA) is 58.1 Å². The van der Waals surface area contributed by atoms with Crippen molar-refractivity contribution in [2.24, 2.45) is 4.99 Å². The van der Waals surface area contributed by atoms with Crippen molar-refractivity contribution in [2.45, 2.75) is 13.3 Å². The molecule has 2 N–H and O–H groups in total. The van der Waals surface area contributed by atoms with E-state index in [0.29, 0.717) is 6.61 Å². The monoisotopic (exact) mass is 402 g/mol. The van der Waals surface area contributed by atoms with Gasteiger partial charge in [0.25, 0.3) is 0 Å². The lowest BCUT2D eigenvalue weighted by Gasteiger charge is -2.16. The highest BCUT2D eigenvalue weighted by molar-refractivity contribution is 14.0. The maximum Gasteiger partial charge on any atom is 0.191 e. The number of rotatable bonds is 11. The van der Waals surface area contributed by atoms with Crippen LogP contribution in [0.1, 0.15) is 13.3 Å². The second-order valence-corrected chi connectivity index (χ2v) is 4.33. The van der Waals surface area contributed by atoms with Crippen LogP contribution in [0.2, 0.25) is 0 Å². The van der Waals surface area contributed by atoms with Gasteiger partial charge < -0.3 is 25.0 Å². The zero-order chi connectivity index (χ0) is 14.3. The first-order valence-electron chi connectivity index (χ1n) is 6.93. The third kappa shape index (κ3) is 14.3. The van der Waals surface area contributed by atoms with Crippen LogP contribution in [0.5, 0.6) is 0 Å². The van der Waals surface area contributed by atoms with Gasteiger partial charge in [0.1, 0.15) is 0 Å². The van der Waals surface area contributed by atoms with Crippen molar-refractivity contribution in [1.29, 1.82) is 0 Å². The molecule has 0 aromatic carbocycles. The minimum absolute atomic E-state index is 0. The molecule has 122 valence electrons. The van der Waals surface area contributed by atoms with E-state index in [1.54, 1.807) is 14.2 Å². The molecular weight excluding hydrogens is 371 g/mol. The van der Waals surface area contributed by atoms with Crippen LogP contribution >= 0.6 is 24.0 Å². The molecule has 0 radical (unpaired) electrons. The van der Waals surface area contributed by atoms with Crippen molar-refractivity contribution in [2.75, 3.05) is 67.2 Å². The number of methoxy groups -OCH3 is 2. The standard InChI is InChI=1S/C13H30N4O2.HI/c1-5-14-13(16-8-12-19-4)15-7-10-17(2)9-6-11-18-3;/h5-12H2,1-4H3,(H2,14,15,16);1H. The van der Waals surface area contributed by atoms with Crippen LogP contribution in [-0.2, 0) is 9.47 Å². The Morgan fingerprint density at radius 3 is 2.40 bits per heavy atom. The number of ether oxygens (including phenoxy) is 2. The van der Waals surface area contributed by atoms with Crippen LogP contribution in [0.25, 0.3) is 0 Å². The Bertz CT molecular complexity index is 230. The maximum atomic E-state index is 5.04. The van der Waals surface area contributed by atoms with Gasteiger partial charge in [-0.2, -0.15) is 0 Å². The Morgan fingerprint density at radius 1 is 1.10 bits per heavy atom. The number of halogens is 1. The number of likely N-dealkylation sites (N-methyl/N-ethyl adjacent to an activating group) is 1. The van der Waals surface area contributed by atoms with Crippen LogP contribution in [-0.4, -0.2) is 78.1 Å². The lowest BCUT2D eigenvalue weighted by atomic mass is 10.4.